The highest BCUT2D eigenvalue weighted by molar-refractivity contribution is 5.14. The highest BCUT2D eigenvalue weighted by atomic mass is 14.9. The molecule has 0 fully saturated rings. The predicted octanol–water partition coefficient (Wildman–Crippen LogP) is 3.11. The molecule has 1 aromatic rings. The van der Waals surface area contributed by atoms with Gasteiger partial charge in [-0.1, -0.05) is 50.1 Å². The van der Waals surface area contributed by atoms with Crippen LogP contribution in [0.15, 0.2) is 30.3 Å². The van der Waals surface area contributed by atoms with E-state index in [-0.39, 0.29) is 6.04 Å². The minimum Gasteiger partial charge on any atom is -0.327 e. The Morgan fingerprint density at radius 1 is 1.17 bits per heavy atom. The van der Waals surface area contributed by atoms with Gasteiger partial charge in [-0.25, -0.2) is 0 Å². The zero-order chi connectivity index (χ0) is 13.2. The van der Waals surface area contributed by atoms with Crippen LogP contribution in [0.5, 0.6) is 0 Å². The first-order valence-corrected chi connectivity index (χ1v) is 7.25. The number of nitrogens with two attached hydrogens (primary N) is 1. The molecule has 0 aliphatic heterocycles. The average molecular weight is 248 g/mol. The number of nitrogens with one attached hydrogen (secondary N) is 1. The topological polar surface area (TPSA) is 38.0 Å². The maximum Gasteiger partial charge on any atom is 0.0168 e. The molecule has 0 heterocycles. The second-order valence-corrected chi connectivity index (χ2v) is 5.24. The summed E-state index contributed by atoms with van der Waals surface area (Å²) in [7, 11) is 0. The van der Waals surface area contributed by atoms with E-state index in [0.717, 1.165) is 19.4 Å². The first-order chi connectivity index (χ1) is 8.72. The lowest BCUT2D eigenvalue weighted by Crippen LogP contribution is -2.38. The number of hydrogen-bond donors (Lipinski definition) is 2. The van der Waals surface area contributed by atoms with Gasteiger partial charge >= 0.3 is 0 Å². The normalized spacial score (nSPS) is 14.4. The SMILES string of the molecule is CCCCC(C)NCC(N)CCc1ccccc1. The number of aryl methyl sites for hydroxylation is 1. The molecule has 0 radical (unpaired) electrons. The van der Waals surface area contributed by atoms with Gasteiger partial charge in [0.15, 0.2) is 0 Å². The summed E-state index contributed by atoms with van der Waals surface area (Å²) in [6.45, 7) is 5.41. The highest BCUT2D eigenvalue weighted by Gasteiger charge is 2.05. The summed E-state index contributed by atoms with van der Waals surface area (Å²) in [6, 6.07) is 11.4. The lowest BCUT2D eigenvalue weighted by Gasteiger charge is -2.17. The molecule has 2 heteroatoms. The van der Waals surface area contributed by atoms with E-state index in [9.17, 15) is 0 Å². The van der Waals surface area contributed by atoms with Gasteiger partial charge in [0.1, 0.15) is 0 Å². The third-order valence-electron chi connectivity index (χ3n) is 3.37. The van der Waals surface area contributed by atoms with Gasteiger partial charge in [0.25, 0.3) is 0 Å². The monoisotopic (exact) mass is 248 g/mol. The van der Waals surface area contributed by atoms with Crippen molar-refractivity contribution in [3.63, 3.8) is 0 Å². The fraction of sp³-hybridized carbons (Fsp3) is 0.625. The van der Waals surface area contributed by atoms with Crippen LogP contribution in [0.1, 0.15) is 45.1 Å². The van der Waals surface area contributed by atoms with Crippen LogP contribution in [0.2, 0.25) is 0 Å². The van der Waals surface area contributed by atoms with Crippen LogP contribution >= 0.6 is 0 Å². The molecule has 0 aromatic heterocycles. The van der Waals surface area contributed by atoms with Crippen molar-refractivity contribution in [3.8, 4) is 0 Å². The average Bonchev–Trinajstić information content (AvgIpc) is 2.41. The Labute approximate surface area is 112 Å². The van der Waals surface area contributed by atoms with Crippen LogP contribution in [-0.4, -0.2) is 18.6 Å². The van der Waals surface area contributed by atoms with Gasteiger partial charge in [0.2, 0.25) is 0 Å². The zero-order valence-electron chi connectivity index (χ0n) is 11.9. The summed E-state index contributed by atoms with van der Waals surface area (Å²) in [6.07, 6.45) is 5.95. The van der Waals surface area contributed by atoms with Gasteiger partial charge in [-0.15, -0.1) is 0 Å². The van der Waals surface area contributed by atoms with E-state index >= 15 is 0 Å². The van der Waals surface area contributed by atoms with E-state index in [1.54, 1.807) is 0 Å². The molecule has 0 aliphatic rings. The van der Waals surface area contributed by atoms with E-state index in [1.807, 2.05) is 0 Å². The van der Waals surface area contributed by atoms with Crippen molar-refractivity contribution in [1.82, 2.24) is 5.32 Å². The number of hydrogen-bond acceptors (Lipinski definition) is 2. The fourth-order valence-electron chi connectivity index (χ4n) is 2.06. The Morgan fingerprint density at radius 3 is 2.56 bits per heavy atom. The summed E-state index contributed by atoms with van der Waals surface area (Å²) in [4.78, 5) is 0. The molecule has 2 unspecified atom stereocenters. The molecule has 2 nitrogen and oxygen atoms in total. The standard InChI is InChI=1S/C16H28N2/c1-3-4-8-14(2)18-13-16(17)12-11-15-9-6-5-7-10-15/h5-7,9-10,14,16,18H,3-4,8,11-13,17H2,1-2H3. The van der Waals surface area contributed by atoms with Crippen LogP contribution in [0, 0.1) is 0 Å². The van der Waals surface area contributed by atoms with E-state index in [1.165, 1.54) is 24.8 Å². The second-order valence-electron chi connectivity index (χ2n) is 5.24. The van der Waals surface area contributed by atoms with Crippen molar-refractivity contribution < 1.29 is 0 Å². The smallest absolute Gasteiger partial charge is 0.0168 e. The van der Waals surface area contributed by atoms with Crippen LogP contribution < -0.4 is 11.1 Å². The van der Waals surface area contributed by atoms with Gasteiger partial charge in [-0.3, -0.25) is 0 Å². The largest absolute Gasteiger partial charge is 0.327 e. The third-order valence-corrected chi connectivity index (χ3v) is 3.37. The van der Waals surface area contributed by atoms with Gasteiger partial charge < -0.3 is 11.1 Å². The molecule has 3 N–H and O–H groups in total. The third kappa shape index (κ3) is 6.77. The van der Waals surface area contributed by atoms with Crippen molar-refractivity contribution in [2.45, 2.75) is 58.0 Å². The lowest BCUT2D eigenvalue weighted by molar-refractivity contribution is 0.456. The Hall–Kier alpha value is -0.860. The number of benzene rings is 1. The minimum absolute atomic E-state index is 0.259. The molecule has 1 aromatic carbocycles. The summed E-state index contributed by atoms with van der Waals surface area (Å²) in [5.74, 6) is 0. The summed E-state index contributed by atoms with van der Waals surface area (Å²) in [5, 5.41) is 3.53. The Balaban J connectivity index is 2.12. The van der Waals surface area contributed by atoms with Crippen molar-refractivity contribution in [2.75, 3.05) is 6.54 Å². The van der Waals surface area contributed by atoms with Gasteiger partial charge in [-0.05, 0) is 31.7 Å². The predicted molar refractivity (Wildman–Crippen MR) is 79.7 cm³/mol. The molecule has 0 aliphatic carbocycles. The first kappa shape index (κ1) is 15.2. The number of rotatable bonds is 9. The Kier molecular flexibility index (Phi) is 7.70. The molecule has 1 rings (SSSR count). The zero-order valence-corrected chi connectivity index (χ0v) is 11.9. The molecule has 0 saturated carbocycles. The van der Waals surface area contributed by atoms with Gasteiger partial charge in [0.05, 0.1) is 0 Å². The van der Waals surface area contributed by atoms with Crippen LogP contribution in [-0.2, 0) is 6.42 Å². The first-order valence-electron chi connectivity index (χ1n) is 7.25. The van der Waals surface area contributed by atoms with Crippen LogP contribution in [0.4, 0.5) is 0 Å². The molecule has 2 atom stereocenters. The summed E-state index contributed by atoms with van der Waals surface area (Å²) >= 11 is 0. The van der Waals surface area contributed by atoms with Crippen molar-refractivity contribution in [1.29, 1.82) is 0 Å². The molecule has 102 valence electrons. The highest BCUT2D eigenvalue weighted by Crippen LogP contribution is 2.04. The Bertz CT molecular complexity index is 297. The summed E-state index contributed by atoms with van der Waals surface area (Å²) < 4.78 is 0. The van der Waals surface area contributed by atoms with E-state index < -0.39 is 0 Å². The fourth-order valence-corrected chi connectivity index (χ4v) is 2.06. The molecule has 0 saturated heterocycles. The van der Waals surface area contributed by atoms with Crippen molar-refractivity contribution >= 4 is 0 Å². The van der Waals surface area contributed by atoms with Gasteiger partial charge in [0, 0.05) is 18.6 Å². The van der Waals surface area contributed by atoms with E-state index in [0.29, 0.717) is 6.04 Å². The molecule has 0 bridgehead atoms. The Morgan fingerprint density at radius 2 is 1.89 bits per heavy atom. The van der Waals surface area contributed by atoms with Crippen LogP contribution in [0.3, 0.4) is 0 Å². The van der Waals surface area contributed by atoms with Crippen LogP contribution in [0.25, 0.3) is 0 Å². The van der Waals surface area contributed by atoms with Crippen molar-refractivity contribution in [2.24, 2.45) is 5.73 Å². The molecular weight excluding hydrogens is 220 g/mol. The van der Waals surface area contributed by atoms with E-state index in [4.69, 9.17) is 5.73 Å². The second kappa shape index (κ2) is 9.12. The minimum atomic E-state index is 0.259. The maximum absolute atomic E-state index is 6.14. The summed E-state index contributed by atoms with van der Waals surface area (Å²) in [5.41, 5.74) is 7.52. The van der Waals surface area contributed by atoms with E-state index in [2.05, 4.69) is 49.5 Å². The van der Waals surface area contributed by atoms with Gasteiger partial charge in [-0.2, -0.15) is 0 Å². The quantitative estimate of drug-likeness (QED) is 0.704. The number of unbranched alkanes of at least 4 members (excludes halogenated alkanes) is 1. The molecular formula is C16H28N2. The molecule has 0 spiro atoms. The lowest BCUT2D eigenvalue weighted by atomic mass is 10.1. The van der Waals surface area contributed by atoms with Crippen molar-refractivity contribution in [3.05, 3.63) is 35.9 Å². The maximum atomic E-state index is 6.14. The molecule has 18 heavy (non-hydrogen) atoms. The molecule has 0 amide bonds.